The first-order valence-electron chi connectivity index (χ1n) is 6.30. The lowest BCUT2D eigenvalue weighted by molar-refractivity contribution is -0.119. The zero-order valence-electron chi connectivity index (χ0n) is 10.6. The molecule has 2 aromatic carbocycles. The molecule has 0 radical (unpaired) electrons. The number of nitrogens with one attached hydrogen (secondary N) is 1. The van der Waals surface area contributed by atoms with Crippen molar-refractivity contribution in [2.75, 3.05) is 0 Å². The molecule has 0 heterocycles. The fourth-order valence-electron chi connectivity index (χ4n) is 2.73. The summed E-state index contributed by atoms with van der Waals surface area (Å²) in [6.45, 7) is 1.49. The molecule has 1 aliphatic carbocycles. The number of halogens is 1. The van der Waals surface area contributed by atoms with Gasteiger partial charge in [-0.2, -0.15) is 0 Å². The predicted molar refractivity (Wildman–Crippen MR) is 72.1 cm³/mol. The van der Waals surface area contributed by atoms with Gasteiger partial charge in [0.25, 0.3) is 0 Å². The van der Waals surface area contributed by atoms with Crippen molar-refractivity contribution in [3.05, 3.63) is 59.4 Å². The van der Waals surface area contributed by atoms with Crippen LogP contribution in [0.2, 0.25) is 0 Å². The molecule has 0 aliphatic heterocycles. The fourth-order valence-corrected chi connectivity index (χ4v) is 2.73. The summed E-state index contributed by atoms with van der Waals surface area (Å²) in [5.41, 5.74) is 4.16. The van der Waals surface area contributed by atoms with Crippen LogP contribution in [-0.4, -0.2) is 5.91 Å². The molecule has 0 saturated heterocycles. The van der Waals surface area contributed by atoms with Crippen LogP contribution in [0.4, 0.5) is 4.39 Å². The van der Waals surface area contributed by atoms with E-state index in [4.69, 9.17) is 0 Å². The van der Waals surface area contributed by atoms with Gasteiger partial charge in [-0.3, -0.25) is 4.79 Å². The van der Waals surface area contributed by atoms with E-state index in [1.807, 2.05) is 18.2 Å². The van der Waals surface area contributed by atoms with Gasteiger partial charge in [0, 0.05) is 6.92 Å². The number of rotatable bonds is 1. The van der Waals surface area contributed by atoms with E-state index in [9.17, 15) is 9.18 Å². The first-order valence-corrected chi connectivity index (χ1v) is 6.30. The molecule has 1 N–H and O–H groups in total. The Morgan fingerprint density at radius 2 is 2.00 bits per heavy atom. The molecule has 1 atom stereocenters. The molecule has 2 nitrogen and oxygen atoms in total. The zero-order valence-corrected chi connectivity index (χ0v) is 10.6. The molecule has 1 unspecified atom stereocenters. The van der Waals surface area contributed by atoms with Crippen LogP contribution in [0.25, 0.3) is 11.1 Å². The summed E-state index contributed by atoms with van der Waals surface area (Å²) >= 11 is 0. The van der Waals surface area contributed by atoms with Gasteiger partial charge in [0.2, 0.25) is 5.91 Å². The average Bonchev–Trinajstić information content (AvgIpc) is 2.38. The van der Waals surface area contributed by atoms with Gasteiger partial charge in [-0.15, -0.1) is 0 Å². The number of carbonyl (C=O) groups is 1. The van der Waals surface area contributed by atoms with Crippen LogP contribution in [0.15, 0.2) is 42.5 Å². The second kappa shape index (κ2) is 4.50. The molecule has 0 spiro atoms. The van der Waals surface area contributed by atoms with E-state index in [0.717, 1.165) is 16.7 Å². The second-order valence-corrected chi connectivity index (χ2v) is 4.85. The van der Waals surface area contributed by atoms with Crippen molar-refractivity contribution in [2.45, 2.75) is 19.4 Å². The van der Waals surface area contributed by atoms with E-state index >= 15 is 0 Å². The number of benzene rings is 2. The topological polar surface area (TPSA) is 29.1 Å². The van der Waals surface area contributed by atoms with Crippen molar-refractivity contribution < 1.29 is 9.18 Å². The largest absolute Gasteiger partial charge is 0.349 e. The lowest BCUT2D eigenvalue weighted by atomic mass is 9.82. The molecule has 0 saturated carbocycles. The quantitative estimate of drug-likeness (QED) is 0.832. The van der Waals surface area contributed by atoms with Gasteiger partial charge in [-0.05, 0) is 40.8 Å². The summed E-state index contributed by atoms with van der Waals surface area (Å²) in [5.74, 6) is -0.368. The van der Waals surface area contributed by atoms with Crippen LogP contribution >= 0.6 is 0 Å². The van der Waals surface area contributed by atoms with E-state index in [1.54, 1.807) is 6.07 Å². The molecule has 3 rings (SSSR count). The fraction of sp³-hybridized carbons (Fsp3) is 0.188. The van der Waals surface area contributed by atoms with Gasteiger partial charge >= 0.3 is 0 Å². The lowest BCUT2D eigenvalue weighted by Gasteiger charge is -2.28. The van der Waals surface area contributed by atoms with E-state index < -0.39 is 0 Å². The van der Waals surface area contributed by atoms with Crippen molar-refractivity contribution in [2.24, 2.45) is 0 Å². The molecule has 19 heavy (non-hydrogen) atoms. The van der Waals surface area contributed by atoms with Crippen LogP contribution in [0.5, 0.6) is 0 Å². The Morgan fingerprint density at radius 3 is 2.79 bits per heavy atom. The number of hydrogen-bond acceptors (Lipinski definition) is 1. The molecule has 2 aromatic rings. The summed E-state index contributed by atoms with van der Waals surface area (Å²) in [6, 6.07) is 12.7. The predicted octanol–water partition coefficient (Wildman–Crippen LogP) is 3.23. The Kier molecular flexibility index (Phi) is 2.82. The minimum absolute atomic E-state index is 0.0976. The molecule has 1 amide bonds. The van der Waals surface area contributed by atoms with Gasteiger partial charge in [0.15, 0.2) is 0 Å². The summed E-state index contributed by atoms with van der Waals surface area (Å²) in [4.78, 5) is 11.3. The first-order chi connectivity index (χ1) is 9.15. The molecular weight excluding hydrogens is 241 g/mol. The molecule has 0 bridgehead atoms. The Morgan fingerprint density at radius 1 is 1.21 bits per heavy atom. The summed E-state index contributed by atoms with van der Waals surface area (Å²) in [5, 5.41) is 2.90. The van der Waals surface area contributed by atoms with Crippen LogP contribution in [0.1, 0.15) is 24.1 Å². The van der Waals surface area contributed by atoms with Gasteiger partial charge in [-0.25, -0.2) is 4.39 Å². The molecule has 96 valence electrons. The summed E-state index contributed by atoms with van der Waals surface area (Å²) < 4.78 is 13.5. The van der Waals surface area contributed by atoms with E-state index in [1.165, 1.54) is 24.6 Å². The Bertz CT molecular complexity index is 651. The third-order valence-electron chi connectivity index (χ3n) is 3.50. The van der Waals surface area contributed by atoms with Gasteiger partial charge in [0.05, 0.1) is 6.04 Å². The van der Waals surface area contributed by atoms with Crippen molar-refractivity contribution in [3.8, 4) is 11.1 Å². The van der Waals surface area contributed by atoms with Crippen LogP contribution in [-0.2, 0) is 11.2 Å². The molecule has 0 fully saturated rings. The SMILES string of the molecule is CC(=O)NC1Cc2ccccc2-c2ccc(F)cc21. The Labute approximate surface area is 111 Å². The maximum atomic E-state index is 13.5. The highest BCUT2D eigenvalue weighted by Crippen LogP contribution is 2.38. The monoisotopic (exact) mass is 255 g/mol. The van der Waals surface area contributed by atoms with Crippen molar-refractivity contribution in [3.63, 3.8) is 0 Å². The van der Waals surface area contributed by atoms with Gasteiger partial charge in [-0.1, -0.05) is 30.3 Å². The number of amides is 1. The Balaban J connectivity index is 2.16. The summed E-state index contributed by atoms with van der Waals surface area (Å²) in [6.07, 6.45) is 0.701. The third-order valence-corrected chi connectivity index (χ3v) is 3.50. The average molecular weight is 255 g/mol. The smallest absolute Gasteiger partial charge is 0.217 e. The highest BCUT2D eigenvalue weighted by molar-refractivity contribution is 5.77. The zero-order chi connectivity index (χ0) is 13.4. The molecular formula is C16H14FNO. The Hall–Kier alpha value is -2.16. The molecule has 3 heteroatoms. The van der Waals surface area contributed by atoms with E-state index in [2.05, 4.69) is 11.4 Å². The minimum atomic E-state index is -0.270. The highest BCUT2D eigenvalue weighted by Gasteiger charge is 2.25. The van der Waals surface area contributed by atoms with E-state index in [-0.39, 0.29) is 17.8 Å². The maximum Gasteiger partial charge on any atom is 0.217 e. The highest BCUT2D eigenvalue weighted by atomic mass is 19.1. The van der Waals surface area contributed by atoms with Crippen molar-refractivity contribution in [1.82, 2.24) is 5.32 Å². The second-order valence-electron chi connectivity index (χ2n) is 4.85. The third kappa shape index (κ3) is 2.12. The number of fused-ring (bicyclic) bond motifs is 3. The first kappa shape index (κ1) is 11.9. The van der Waals surface area contributed by atoms with Crippen LogP contribution < -0.4 is 5.32 Å². The van der Waals surface area contributed by atoms with Crippen LogP contribution in [0, 0.1) is 5.82 Å². The normalized spacial score (nSPS) is 16.4. The van der Waals surface area contributed by atoms with Crippen molar-refractivity contribution >= 4 is 5.91 Å². The standard InChI is InChI=1S/C16H14FNO/c1-10(19)18-16-8-11-4-2-3-5-13(11)14-7-6-12(17)9-15(14)16/h2-7,9,16H,8H2,1H3,(H,18,19). The molecule has 1 aliphatic rings. The lowest BCUT2D eigenvalue weighted by Crippen LogP contribution is -2.30. The van der Waals surface area contributed by atoms with Crippen LogP contribution in [0.3, 0.4) is 0 Å². The number of carbonyl (C=O) groups excluding carboxylic acids is 1. The van der Waals surface area contributed by atoms with E-state index in [0.29, 0.717) is 6.42 Å². The maximum absolute atomic E-state index is 13.5. The minimum Gasteiger partial charge on any atom is -0.349 e. The summed E-state index contributed by atoms with van der Waals surface area (Å²) in [7, 11) is 0. The molecule has 0 aromatic heterocycles. The van der Waals surface area contributed by atoms with Gasteiger partial charge < -0.3 is 5.32 Å². The van der Waals surface area contributed by atoms with Gasteiger partial charge in [0.1, 0.15) is 5.82 Å². The number of hydrogen-bond donors (Lipinski definition) is 1. The van der Waals surface area contributed by atoms with Crippen molar-refractivity contribution in [1.29, 1.82) is 0 Å².